The van der Waals surface area contributed by atoms with Crippen molar-refractivity contribution in [2.24, 2.45) is 17.6 Å². The number of aldehydes is 1. The maximum Gasteiger partial charge on any atom is 0.305 e. The smallest absolute Gasteiger partial charge is 0.305 e. The zero-order chi connectivity index (χ0) is 35.6. The monoisotopic (exact) mass is 671 g/mol. The Labute approximate surface area is 281 Å². The number of aliphatic carboxylic acids is 1. The Morgan fingerprint density at radius 3 is 2.25 bits per heavy atom. The number of nitrogens with two attached hydrogens (primary N) is 1. The summed E-state index contributed by atoms with van der Waals surface area (Å²) in [7, 11) is 0. The zero-order valence-corrected chi connectivity index (χ0v) is 27.6. The molecule has 264 valence electrons. The van der Waals surface area contributed by atoms with Gasteiger partial charge in [0.05, 0.1) is 30.9 Å². The molecule has 2 rings (SSSR count). The van der Waals surface area contributed by atoms with Crippen molar-refractivity contribution < 1.29 is 33.5 Å². The molecule has 1 aromatic rings. The number of rotatable bonds is 24. The Hall–Kier alpha value is -4.88. The van der Waals surface area contributed by atoms with Gasteiger partial charge in [-0.3, -0.25) is 19.2 Å². The van der Waals surface area contributed by atoms with E-state index in [4.69, 9.17) is 5.73 Å². The van der Waals surface area contributed by atoms with E-state index in [9.17, 15) is 33.5 Å². The van der Waals surface area contributed by atoms with E-state index in [1.807, 2.05) is 30.3 Å². The van der Waals surface area contributed by atoms with Crippen LogP contribution >= 0.6 is 0 Å². The molecular weight excluding hydrogens is 621 g/mol. The number of halogens is 1. The molecule has 1 fully saturated rings. The van der Waals surface area contributed by atoms with Crippen molar-refractivity contribution >= 4 is 30.0 Å². The average molecular weight is 672 g/mol. The van der Waals surface area contributed by atoms with Crippen molar-refractivity contribution in [3.8, 4) is 0 Å². The van der Waals surface area contributed by atoms with E-state index in [0.29, 0.717) is 43.6 Å². The predicted molar refractivity (Wildman–Crippen MR) is 181 cm³/mol. The first kappa shape index (κ1) is 39.3. The molecule has 3 amide bonds. The van der Waals surface area contributed by atoms with E-state index in [-0.39, 0.29) is 55.8 Å². The third-order valence-corrected chi connectivity index (χ3v) is 7.93. The molecule has 0 saturated heterocycles. The molecule has 14 heteroatoms. The van der Waals surface area contributed by atoms with Gasteiger partial charge in [-0.1, -0.05) is 57.0 Å². The standard InChI is InChI=1S/C34H50FN7O6/c1-21(12-14-38-33(47)26-16-27(35)17-26)32(46)42-29(11-8-13-37-24(4)36)23(3)39-19-22(2)40-30(18-31(44)45)34(48)41-28(20-43)15-25-9-6-5-7-10-25/h5-7,9-10,20-21,26-30,37,39-40H,2-4,8,11-19,36H2,1H3,(H,38,47)(H,41,48)(H,42,46)(H,44,45). The molecule has 1 aromatic carbocycles. The molecule has 0 aromatic heterocycles. The molecule has 0 radical (unpaired) electrons. The van der Waals surface area contributed by atoms with E-state index in [1.54, 1.807) is 6.92 Å². The van der Waals surface area contributed by atoms with Crippen LogP contribution in [-0.2, 0) is 30.4 Å². The van der Waals surface area contributed by atoms with Gasteiger partial charge >= 0.3 is 5.97 Å². The van der Waals surface area contributed by atoms with Crippen LogP contribution in [0.15, 0.2) is 67.3 Å². The van der Waals surface area contributed by atoms with Gasteiger partial charge in [0.1, 0.15) is 18.5 Å². The average Bonchev–Trinajstić information content (AvgIpc) is 3.02. The highest BCUT2D eigenvalue weighted by atomic mass is 19.1. The van der Waals surface area contributed by atoms with Crippen LogP contribution in [0.5, 0.6) is 0 Å². The molecule has 13 nitrogen and oxygen atoms in total. The minimum absolute atomic E-state index is 0.0517. The molecule has 9 N–H and O–H groups in total. The summed E-state index contributed by atoms with van der Waals surface area (Å²) in [6.45, 7) is 14.2. The van der Waals surface area contributed by atoms with Gasteiger partial charge in [-0.25, -0.2) is 4.39 Å². The number of carboxylic acids is 1. The van der Waals surface area contributed by atoms with Crippen LogP contribution in [0.25, 0.3) is 0 Å². The highest BCUT2D eigenvalue weighted by Crippen LogP contribution is 2.30. The molecule has 4 unspecified atom stereocenters. The molecule has 1 aliphatic carbocycles. The number of alkyl halides is 1. The van der Waals surface area contributed by atoms with Gasteiger partial charge in [0.2, 0.25) is 17.7 Å². The van der Waals surface area contributed by atoms with Crippen LogP contribution in [0.2, 0.25) is 0 Å². The second-order valence-electron chi connectivity index (χ2n) is 12.1. The lowest BCUT2D eigenvalue weighted by Crippen LogP contribution is -2.50. The Kier molecular flexibility index (Phi) is 16.7. The number of hydrogen-bond acceptors (Lipinski definition) is 9. The number of amides is 3. The maximum atomic E-state index is 13.1. The number of nitrogens with one attached hydrogen (secondary N) is 6. The Morgan fingerprint density at radius 2 is 1.65 bits per heavy atom. The normalized spacial score (nSPS) is 17.5. The van der Waals surface area contributed by atoms with Gasteiger partial charge < -0.3 is 47.5 Å². The lowest BCUT2D eigenvalue weighted by molar-refractivity contribution is -0.140. The second kappa shape index (κ2) is 20.4. The van der Waals surface area contributed by atoms with Gasteiger partial charge in [0, 0.05) is 36.3 Å². The molecule has 0 heterocycles. The Bertz CT molecular complexity index is 1290. The second-order valence-corrected chi connectivity index (χ2v) is 12.1. The van der Waals surface area contributed by atoms with Crippen molar-refractivity contribution in [3.05, 3.63) is 72.8 Å². The van der Waals surface area contributed by atoms with Gasteiger partial charge in [0.15, 0.2) is 0 Å². The number of carboxylic acid groups (broad SMARTS) is 1. The first-order valence-electron chi connectivity index (χ1n) is 16.1. The zero-order valence-electron chi connectivity index (χ0n) is 27.6. The summed E-state index contributed by atoms with van der Waals surface area (Å²) in [5, 5.41) is 26.6. The summed E-state index contributed by atoms with van der Waals surface area (Å²) >= 11 is 0. The third kappa shape index (κ3) is 14.7. The summed E-state index contributed by atoms with van der Waals surface area (Å²) in [6.07, 6.45) is 1.29. The lowest BCUT2D eigenvalue weighted by atomic mass is 9.83. The summed E-state index contributed by atoms with van der Waals surface area (Å²) in [5.74, 6) is -2.79. The molecule has 1 aliphatic rings. The third-order valence-electron chi connectivity index (χ3n) is 7.93. The maximum absolute atomic E-state index is 13.1. The number of hydrogen-bond donors (Lipinski definition) is 8. The minimum atomic E-state index is -1.22. The van der Waals surface area contributed by atoms with Crippen LogP contribution in [0.3, 0.4) is 0 Å². The molecule has 0 aliphatic heterocycles. The van der Waals surface area contributed by atoms with Gasteiger partial charge in [-0.15, -0.1) is 0 Å². The quantitative estimate of drug-likeness (QED) is 0.0582. The summed E-state index contributed by atoms with van der Waals surface area (Å²) < 4.78 is 13.1. The fraction of sp³-hybridized carbons (Fsp3) is 0.500. The molecule has 48 heavy (non-hydrogen) atoms. The van der Waals surface area contributed by atoms with E-state index in [0.717, 1.165) is 5.56 Å². The summed E-state index contributed by atoms with van der Waals surface area (Å²) in [6, 6.07) is 6.51. The Morgan fingerprint density at radius 1 is 0.958 bits per heavy atom. The number of carbonyl (C=O) groups is 5. The van der Waals surface area contributed by atoms with E-state index >= 15 is 0 Å². The minimum Gasteiger partial charge on any atom is -0.481 e. The molecule has 4 atom stereocenters. The van der Waals surface area contributed by atoms with Crippen LogP contribution < -0.4 is 37.6 Å². The number of carbonyl (C=O) groups excluding carboxylic acids is 4. The van der Waals surface area contributed by atoms with Crippen molar-refractivity contribution in [3.63, 3.8) is 0 Å². The van der Waals surface area contributed by atoms with E-state index < -0.39 is 48.5 Å². The van der Waals surface area contributed by atoms with Crippen molar-refractivity contribution in [2.45, 2.75) is 76.2 Å². The van der Waals surface area contributed by atoms with Crippen molar-refractivity contribution in [2.75, 3.05) is 19.6 Å². The highest BCUT2D eigenvalue weighted by Gasteiger charge is 2.34. The van der Waals surface area contributed by atoms with E-state index in [2.05, 4.69) is 51.6 Å². The van der Waals surface area contributed by atoms with Crippen LogP contribution in [0, 0.1) is 11.8 Å². The molecule has 0 spiro atoms. The SMILES string of the molecule is C=C(N)NCCCC(NC(=O)C(C)CCNC(=O)C1CC(F)C1)C(=C)NCC(=C)NC(CC(=O)O)C(=O)NC(C=O)Cc1ccccc1. The molecule has 0 bridgehead atoms. The largest absolute Gasteiger partial charge is 0.481 e. The molecular formula is C34H50FN7O6. The van der Waals surface area contributed by atoms with E-state index in [1.165, 1.54) is 0 Å². The number of benzene rings is 1. The van der Waals surface area contributed by atoms with Crippen molar-refractivity contribution in [1.29, 1.82) is 0 Å². The topological polar surface area (TPSA) is 204 Å². The fourth-order valence-corrected chi connectivity index (χ4v) is 4.96. The lowest BCUT2D eigenvalue weighted by Gasteiger charge is -2.28. The van der Waals surface area contributed by atoms with Gasteiger partial charge in [-0.2, -0.15) is 0 Å². The first-order valence-corrected chi connectivity index (χ1v) is 16.1. The summed E-state index contributed by atoms with van der Waals surface area (Å²) in [5.41, 5.74) is 7.15. The van der Waals surface area contributed by atoms with Crippen molar-refractivity contribution in [1.82, 2.24) is 31.9 Å². The first-order chi connectivity index (χ1) is 22.8. The fourth-order valence-electron chi connectivity index (χ4n) is 4.96. The Balaban J connectivity index is 1.93. The molecule has 1 saturated carbocycles. The van der Waals surface area contributed by atoms with Crippen LogP contribution in [0.4, 0.5) is 4.39 Å². The van der Waals surface area contributed by atoms with Gasteiger partial charge in [-0.05, 0) is 44.1 Å². The predicted octanol–water partition coefficient (Wildman–Crippen LogP) is 1.14. The highest BCUT2D eigenvalue weighted by molar-refractivity contribution is 5.88. The summed E-state index contributed by atoms with van der Waals surface area (Å²) in [4.78, 5) is 61.4. The van der Waals surface area contributed by atoms with Crippen LogP contribution in [0.1, 0.15) is 51.0 Å². The van der Waals surface area contributed by atoms with Gasteiger partial charge in [0.25, 0.3) is 0 Å². The van der Waals surface area contributed by atoms with Crippen LogP contribution in [-0.4, -0.2) is 79.0 Å².